The third-order valence-corrected chi connectivity index (χ3v) is 4.52. The number of rotatable bonds is 6. The summed E-state index contributed by atoms with van der Waals surface area (Å²) in [6.45, 7) is 1.65. The Kier molecular flexibility index (Phi) is 4.38. The van der Waals surface area contributed by atoms with Gasteiger partial charge in [-0.15, -0.1) is 0 Å². The zero-order valence-electron chi connectivity index (χ0n) is 13.6. The summed E-state index contributed by atoms with van der Waals surface area (Å²) in [6.07, 6.45) is 6.65. The largest absolute Gasteiger partial charge is 0.491 e. The molecule has 0 unspecified atom stereocenters. The zero-order chi connectivity index (χ0) is 16.2. The van der Waals surface area contributed by atoms with Crippen molar-refractivity contribution >= 4 is 11.0 Å². The van der Waals surface area contributed by atoms with Crippen LogP contribution in [0, 0.1) is 0 Å². The van der Waals surface area contributed by atoms with Crippen molar-refractivity contribution in [1.29, 1.82) is 0 Å². The van der Waals surface area contributed by atoms with Crippen molar-refractivity contribution in [2.45, 2.75) is 25.3 Å². The van der Waals surface area contributed by atoms with Crippen LogP contribution in [0.5, 0.6) is 5.75 Å². The van der Waals surface area contributed by atoms with E-state index in [0.717, 1.165) is 42.6 Å². The molecule has 4 nitrogen and oxygen atoms in total. The van der Waals surface area contributed by atoms with Gasteiger partial charge in [-0.3, -0.25) is 4.98 Å². The molecule has 0 atom stereocenters. The standard InChI is InChI=1S/C20H21N3O/c1-2-6-16-14-17(13-15(16)5-1)21-9-4-12-24-19-8-3-7-18-20(19)23-11-10-22-18/h1-3,5-8,10-11,17,21H,4,9,12-14H2. The van der Waals surface area contributed by atoms with Gasteiger partial charge < -0.3 is 10.1 Å². The Labute approximate surface area is 141 Å². The molecule has 2 aromatic carbocycles. The predicted molar refractivity (Wildman–Crippen MR) is 95.3 cm³/mol. The van der Waals surface area contributed by atoms with Crippen molar-refractivity contribution in [3.05, 3.63) is 66.0 Å². The van der Waals surface area contributed by atoms with E-state index in [1.807, 2.05) is 18.2 Å². The zero-order valence-corrected chi connectivity index (χ0v) is 13.6. The van der Waals surface area contributed by atoms with Crippen molar-refractivity contribution < 1.29 is 4.74 Å². The van der Waals surface area contributed by atoms with Crippen molar-refractivity contribution in [1.82, 2.24) is 15.3 Å². The van der Waals surface area contributed by atoms with Crippen molar-refractivity contribution in [2.24, 2.45) is 0 Å². The summed E-state index contributed by atoms with van der Waals surface area (Å²) in [5, 5.41) is 3.64. The smallest absolute Gasteiger partial charge is 0.147 e. The molecule has 24 heavy (non-hydrogen) atoms. The van der Waals surface area contributed by atoms with Gasteiger partial charge in [-0.05, 0) is 49.1 Å². The van der Waals surface area contributed by atoms with E-state index in [2.05, 4.69) is 39.6 Å². The lowest BCUT2D eigenvalue weighted by atomic mass is 10.1. The molecule has 1 heterocycles. The van der Waals surface area contributed by atoms with Gasteiger partial charge in [0.25, 0.3) is 0 Å². The van der Waals surface area contributed by atoms with Crippen LogP contribution >= 0.6 is 0 Å². The number of hydrogen-bond acceptors (Lipinski definition) is 4. The molecule has 0 aliphatic heterocycles. The highest BCUT2D eigenvalue weighted by Crippen LogP contribution is 2.22. The first-order chi connectivity index (χ1) is 11.9. The molecule has 122 valence electrons. The second-order valence-electron chi connectivity index (χ2n) is 6.21. The van der Waals surface area contributed by atoms with E-state index in [0.29, 0.717) is 12.6 Å². The highest BCUT2D eigenvalue weighted by atomic mass is 16.5. The summed E-state index contributed by atoms with van der Waals surface area (Å²) in [5.41, 5.74) is 4.68. The fourth-order valence-electron chi connectivity index (χ4n) is 3.35. The van der Waals surface area contributed by atoms with E-state index in [4.69, 9.17) is 4.74 Å². The van der Waals surface area contributed by atoms with Crippen LogP contribution in [0.3, 0.4) is 0 Å². The molecular formula is C20H21N3O. The first kappa shape index (κ1) is 15.1. The summed E-state index contributed by atoms with van der Waals surface area (Å²) < 4.78 is 5.90. The van der Waals surface area contributed by atoms with Gasteiger partial charge in [0.2, 0.25) is 0 Å². The highest BCUT2D eigenvalue weighted by molar-refractivity contribution is 5.80. The molecule has 0 saturated heterocycles. The van der Waals surface area contributed by atoms with Gasteiger partial charge in [-0.1, -0.05) is 30.3 Å². The Balaban J connectivity index is 1.24. The maximum absolute atomic E-state index is 5.90. The fraction of sp³-hybridized carbons (Fsp3) is 0.300. The molecule has 3 aromatic rings. The Hall–Kier alpha value is -2.46. The van der Waals surface area contributed by atoms with Gasteiger partial charge in [0.05, 0.1) is 12.1 Å². The minimum absolute atomic E-state index is 0.561. The number of aromatic nitrogens is 2. The summed E-state index contributed by atoms with van der Waals surface area (Å²) in [6, 6.07) is 15.2. The molecule has 0 amide bonds. The number of hydrogen-bond donors (Lipinski definition) is 1. The topological polar surface area (TPSA) is 47.0 Å². The average molecular weight is 319 g/mol. The van der Waals surface area contributed by atoms with Crippen molar-refractivity contribution in [3.63, 3.8) is 0 Å². The van der Waals surface area contributed by atoms with Crippen molar-refractivity contribution in [3.8, 4) is 5.75 Å². The number of fused-ring (bicyclic) bond motifs is 2. The molecule has 1 N–H and O–H groups in total. The summed E-state index contributed by atoms with van der Waals surface area (Å²) in [4.78, 5) is 8.67. The molecule has 1 aliphatic carbocycles. The predicted octanol–water partition coefficient (Wildman–Crippen LogP) is 3.16. The quantitative estimate of drug-likeness (QED) is 0.709. The highest BCUT2D eigenvalue weighted by Gasteiger charge is 2.19. The minimum Gasteiger partial charge on any atom is -0.491 e. The van der Waals surface area contributed by atoms with Gasteiger partial charge in [-0.2, -0.15) is 0 Å². The van der Waals surface area contributed by atoms with Crippen LogP contribution in [-0.4, -0.2) is 29.2 Å². The maximum Gasteiger partial charge on any atom is 0.147 e. The number of nitrogens with one attached hydrogen (secondary N) is 1. The van der Waals surface area contributed by atoms with Crippen LogP contribution < -0.4 is 10.1 Å². The van der Waals surface area contributed by atoms with Gasteiger partial charge in [0, 0.05) is 18.4 Å². The lowest BCUT2D eigenvalue weighted by molar-refractivity contribution is 0.307. The van der Waals surface area contributed by atoms with E-state index in [1.54, 1.807) is 12.4 Å². The third-order valence-electron chi connectivity index (χ3n) is 4.52. The number of benzene rings is 2. The molecule has 0 fully saturated rings. The first-order valence-corrected chi connectivity index (χ1v) is 8.53. The number of ether oxygens (including phenoxy) is 1. The van der Waals surface area contributed by atoms with Crippen molar-refractivity contribution in [2.75, 3.05) is 13.2 Å². The van der Waals surface area contributed by atoms with E-state index in [-0.39, 0.29) is 0 Å². The number of para-hydroxylation sites is 1. The second kappa shape index (κ2) is 6.97. The molecule has 4 heteroatoms. The van der Waals surface area contributed by atoms with Crippen LogP contribution in [0.4, 0.5) is 0 Å². The van der Waals surface area contributed by atoms with Crippen LogP contribution in [-0.2, 0) is 12.8 Å². The summed E-state index contributed by atoms with van der Waals surface area (Å²) >= 11 is 0. The molecule has 1 aliphatic rings. The molecule has 0 radical (unpaired) electrons. The van der Waals surface area contributed by atoms with Gasteiger partial charge in [0.1, 0.15) is 11.3 Å². The Bertz CT molecular complexity index is 803. The third kappa shape index (κ3) is 3.24. The first-order valence-electron chi connectivity index (χ1n) is 8.53. The van der Waals surface area contributed by atoms with Crippen LogP contribution in [0.15, 0.2) is 54.9 Å². The molecule has 0 bridgehead atoms. The van der Waals surface area contributed by atoms with Crippen LogP contribution in [0.25, 0.3) is 11.0 Å². The molecule has 1 aromatic heterocycles. The van der Waals surface area contributed by atoms with E-state index >= 15 is 0 Å². The maximum atomic E-state index is 5.90. The van der Waals surface area contributed by atoms with E-state index in [9.17, 15) is 0 Å². The summed E-state index contributed by atoms with van der Waals surface area (Å²) in [7, 11) is 0. The van der Waals surface area contributed by atoms with E-state index in [1.165, 1.54) is 11.1 Å². The normalized spacial score (nSPS) is 14.0. The van der Waals surface area contributed by atoms with Gasteiger partial charge in [0.15, 0.2) is 0 Å². The SMILES string of the molecule is c1ccc2c(c1)CC(NCCCOc1cccc3nccnc13)C2. The summed E-state index contributed by atoms with van der Waals surface area (Å²) in [5.74, 6) is 0.814. The Morgan fingerprint density at radius 2 is 1.75 bits per heavy atom. The van der Waals surface area contributed by atoms with E-state index < -0.39 is 0 Å². The van der Waals surface area contributed by atoms with Crippen LogP contribution in [0.1, 0.15) is 17.5 Å². The van der Waals surface area contributed by atoms with Gasteiger partial charge in [-0.25, -0.2) is 4.98 Å². The Morgan fingerprint density at radius 1 is 0.958 bits per heavy atom. The lowest BCUT2D eigenvalue weighted by Crippen LogP contribution is -2.31. The second-order valence-corrected chi connectivity index (χ2v) is 6.21. The lowest BCUT2D eigenvalue weighted by Gasteiger charge is -2.12. The molecule has 0 spiro atoms. The average Bonchev–Trinajstić information content (AvgIpc) is 3.04. The monoisotopic (exact) mass is 319 g/mol. The minimum atomic E-state index is 0.561. The molecule has 4 rings (SSSR count). The van der Waals surface area contributed by atoms with Crippen LogP contribution in [0.2, 0.25) is 0 Å². The number of nitrogens with zero attached hydrogens (tertiary/aromatic N) is 2. The fourth-order valence-corrected chi connectivity index (χ4v) is 3.35. The Morgan fingerprint density at radius 3 is 2.58 bits per heavy atom. The molecular weight excluding hydrogens is 298 g/mol. The molecule has 0 saturated carbocycles. The van der Waals surface area contributed by atoms with Gasteiger partial charge >= 0.3 is 0 Å².